The third kappa shape index (κ3) is 5.20. The molecule has 0 radical (unpaired) electrons. The minimum absolute atomic E-state index is 0.241. The number of nitrogens with one attached hydrogen (secondary N) is 1. The summed E-state index contributed by atoms with van der Waals surface area (Å²) >= 11 is 0. The Morgan fingerprint density at radius 1 is 0.912 bits per heavy atom. The van der Waals surface area contributed by atoms with E-state index in [-0.39, 0.29) is 5.91 Å². The number of hydrogen-bond acceptors (Lipinski definition) is 6. The molecule has 174 valence electrons. The zero-order chi connectivity index (χ0) is 24.1. The van der Waals surface area contributed by atoms with Gasteiger partial charge in [0.25, 0.3) is 5.91 Å². The van der Waals surface area contributed by atoms with Gasteiger partial charge < -0.3 is 23.9 Å². The third-order valence-corrected chi connectivity index (χ3v) is 5.32. The number of nitrogens with zero attached hydrogens (tertiary/aromatic N) is 1. The zero-order valence-electron chi connectivity index (χ0n) is 19.5. The van der Waals surface area contributed by atoms with Gasteiger partial charge in [0.1, 0.15) is 23.8 Å². The molecule has 3 aromatic carbocycles. The van der Waals surface area contributed by atoms with Crippen LogP contribution in [-0.4, -0.2) is 25.1 Å². The topological polar surface area (TPSA) is 82.8 Å². The van der Waals surface area contributed by atoms with Crippen LogP contribution in [-0.2, 0) is 6.61 Å². The predicted octanol–water partition coefficient (Wildman–Crippen LogP) is 5.81. The fraction of sp³-hybridized carbons (Fsp3) is 0.185. The number of benzene rings is 3. The van der Waals surface area contributed by atoms with Crippen LogP contribution in [0.1, 0.15) is 27.4 Å². The number of carbonyl (C=O) groups is 1. The summed E-state index contributed by atoms with van der Waals surface area (Å²) in [5, 5.41) is 2.86. The number of methoxy groups -OCH3 is 2. The van der Waals surface area contributed by atoms with Crippen LogP contribution in [0.5, 0.6) is 17.2 Å². The van der Waals surface area contributed by atoms with Crippen LogP contribution in [0.15, 0.2) is 71.1 Å². The van der Waals surface area contributed by atoms with Gasteiger partial charge in [-0.3, -0.25) is 4.79 Å². The standard InChI is InChI=1S/C27H26N2O5/c1-17-5-12-22(13-6-17)33-16-23-18(2)34-27(29-23)20-9-7-19(8-10-20)26(30)28-21-11-14-24(31-3)25(15-21)32-4/h5-15H,16H2,1-4H3,(H,28,30). The Bertz CT molecular complexity index is 1280. The number of amides is 1. The molecular weight excluding hydrogens is 432 g/mol. The molecule has 7 heteroatoms. The van der Waals surface area contributed by atoms with Crippen molar-refractivity contribution < 1.29 is 23.4 Å². The summed E-state index contributed by atoms with van der Waals surface area (Å²) in [6.07, 6.45) is 0. The fourth-order valence-electron chi connectivity index (χ4n) is 3.35. The van der Waals surface area contributed by atoms with E-state index in [0.717, 1.165) is 17.0 Å². The molecule has 1 aromatic heterocycles. The van der Waals surface area contributed by atoms with E-state index in [1.165, 1.54) is 5.56 Å². The summed E-state index contributed by atoms with van der Waals surface area (Å²) < 4.78 is 22.2. The second-order valence-corrected chi connectivity index (χ2v) is 7.72. The molecule has 0 unspecified atom stereocenters. The second-order valence-electron chi connectivity index (χ2n) is 7.72. The van der Waals surface area contributed by atoms with Crippen LogP contribution in [0.25, 0.3) is 11.5 Å². The molecule has 0 spiro atoms. The highest BCUT2D eigenvalue weighted by atomic mass is 16.5. The molecule has 7 nitrogen and oxygen atoms in total. The molecule has 0 aliphatic rings. The first-order valence-electron chi connectivity index (χ1n) is 10.8. The first-order chi connectivity index (χ1) is 16.5. The van der Waals surface area contributed by atoms with Crippen molar-refractivity contribution in [2.45, 2.75) is 20.5 Å². The van der Waals surface area contributed by atoms with Crippen LogP contribution < -0.4 is 19.5 Å². The second kappa shape index (κ2) is 10.1. The molecule has 0 saturated heterocycles. The van der Waals surface area contributed by atoms with Gasteiger partial charge in [-0.05, 0) is 62.4 Å². The maximum atomic E-state index is 12.7. The lowest BCUT2D eigenvalue weighted by Gasteiger charge is -2.10. The van der Waals surface area contributed by atoms with Crippen molar-refractivity contribution in [3.63, 3.8) is 0 Å². The Kier molecular flexibility index (Phi) is 6.82. The van der Waals surface area contributed by atoms with Crippen molar-refractivity contribution in [3.8, 4) is 28.7 Å². The number of ether oxygens (including phenoxy) is 3. The van der Waals surface area contributed by atoms with E-state index < -0.39 is 0 Å². The Labute approximate surface area is 198 Å². The lowest BCUT2D eigenvalue weighted by molar-refractivity contribution is 0.102. The summed E-state index contributed by atoms with van der Waals surface area (Å²) in [5.74, 6) is 2.84. The Morgan fingerprint density at radius 3 is 2.29 bits per heavy atom. The van der Waals surface area contributed by atoms with E-state index in [1.807, 2.05) is 38.1 Å². The largest absolute Gasteiger partial charge is 0.493 e. The van der Waals surface area contributed by atoms with Gasteiger partial charge in [0.15, 0.2) is 11.5 Å². The fourth-order valence-corrected chi connectivity index (χ4v) is 3.35. The first-order valence-corrected chi connectivity index (χ1v) is 10.8. The highest BCUT2D eigenvalue weighted by Gasteiger charge is 2.14. The summed E-state index contributed by atoms with van der Waals surface area (Å²) in [7, 11) is 3.11. The van der Waals surface area contributed by atoms with Gasteiger partial charge in [-0.25, -0.2) is 4.98 Å². The Morgan fingerprint density at radius 2 is 1.62 bits per heavy atom. The smallest absolute Gasteiger partial charge is 0.255 e. The molecule has 0 bridgehead atoms. The van der Waals surface area contributed by atoms with Gasteiger partial charge in [-0.1, -0.05) is 17.7 Å². The molecule has 0 saturated carbocycles. The van der Waals surface area contributed by atoms with Crippen molar-refractivity contribution in [1.29, 1.82) is 0 Å². The summed E-state index contributed by atoms with van der Waals surface area (Å²) in [6.45, 7) is 4.20. The van der Waals surface area contributed by atoms with E-state index in [1.54, 1.807) is 56.7 Å². The molecule has 4 aromatic rings. The van der Waals surface area contributed by atoms with Crippen molar-refractivity contribution in [1.82, 2.24) is 4.98 Å². The van der Waals surface area contributed by atoms with Gasteiger partial charge in [0.2, 0.25) is 5.89 Å². The van der Waals surface area contributed by atoms with Crippen molar-refractivity contribution in [3.05, 3.63) is 89.3 Å². The summed E-state index contributed by atoms with van der Waals surface area (Å²) in [5.41, 5.74) is 3.78. The summed E-state index contributed by atoms with van der Waals surface area (Å²) in [6, 6.07) is 20.1. The Hall–Kier alpha value is -4.26. The normalized spacial score (nSPS) is 10.6. The minimum Gasteiger partial charge on any atom is -0.493 e. The number of hydrogen-bond donors (Lipinski definition) is 1. The number of aryl methyl sites for hydroxylation is 2. The summed E-state index contributed by atoms with van der Waals surface area (Å²) in [4.78, 5) is 17.2. The number of rotatable bonds is 8. The van der Waals surface area contributed by atoms with Gasteiger partial charge in [-0.15, -0.1) is 0 Å². The molecule has 1 amide bonds. The number of anilines is 1. The van der Waals surface area contributed by atoms with Crippen LogP contribution in [0.2, 0.25) is 0 Å². The SMILES string of the molecule is COc1ccc(NC(=O)c2ccc(-c3nc(COc4ccc(C)cc4)c(C)o3)cc2)cc1OC. The van der Waals surface area contributed by atoms with E-state index >= 15 is 0 Å². The predicted molar refractivity (Wildman–Crippen MR) is 130 cm³/mol. The van der Waals surface area contributed by atoms with E-state index in [2.05, 4.69) is 10.3 Å². The minimum atomic E-state index is -0.241. The Balaban J connectivity index is 1.42. The van der Waals surface area contributed by atoms with Crippen LogP contribution in [0.3, 0.4) is 0 Å². The lowest BCUT2D eigenvalue weighted by Crippen LogP contribution is -2.11. The maximum Gasteiger partial charge on any atom is 0.255 e. The maximum absolute atomic E-state index is 12.7. The van der Waals surface area contributed by atoms with Crippen LogP contribution in [0, 0.1) is 13.8 Å². The molecular formula is C27H26N2O5. The number of aromatic nitrogens is 1. The van der Waals surface area contributed by atoms with Crippen molar-refractivity contribution in [2.75, 3.05) is 19.5 Å². The van der Waals surface area contributed by atoms with Crippen molar-refractivity contribution >= 4 is 11.6 Å². The monoisotopic (exact) mass is 458 g/mol. The molecule has 0 aliphatic carbocycles. The molecule has 0 atom stereocenters. The molecule has 0 aliphatic heterocycles. The molecule has 34 heavy (non-hydrogen) atoms. The van der Waals surface area contributed by atoms with E-state index in [9.17, 15) is 4.79 Å². The van der Waals surface area contributed by atoms with E-state index in [0.29, 0.717) is 41.0 Å². The average molecular weight is 459 g/mol. The van der Waals surface area contributed by atoms with Crippen LogP contribution in [0.4, 0.5) is 5.69 Å². The molecule has 1 heterocycles. The molecule has 4 rings (SSSR count). The van der Waals surface area contributed by atoms with Gasteiger partial charge in [0.05, 0.1) is 14.2 Å². The van der Waals surface area contributed by atoms with Crippen molar-refractivity contribution in [2.24, 2.45) is 0 Å². The quantitative estimate of drug-likeness (QED) is 0.359. The zero-order valence-corrected chi connectivity index (χ0v) is 19.5. The highest BCUT2D eigenvalue weighted by molar-refractivity contribution is 6.04. The lowest BCUT2D eigenvalue weighted by atomic mass is 10.1. The van der Waals surface area contributed by atoms with Gasteiger partial charge in [-0.2, -0.15) is 0 Å². The van der Waals surface area contributed by atoms with Crippen LogP contribution >= 0.6 is 0 Å². The average Bonchev–Trinajstić information content (AvgIpc) is 3.24. The van der Waals surface area contributed by atoms with Gasteiger partial charge >= 0.3 is 0 Å². The first kappa shape index (κ1) is 22.9. The van der Waals surface area contributed by atoms with Gasteiger partial charge in [0, 0.05) is 22.9 Å². The molecule has 0 fully saturated rings. The molecule has 1 N–H and O–H groups in total. The third-order valence-electron chi connectivity index (χ3n) is 5.32. The highest BCUT2D eigenvalue weighted by Crippen LogP contribution is 2.30. The number of oxazole rings is 1. The number of carbonyl (C=O) groups excluding carboxylic acids is 1. The van der Waals surface area contributed by atoms with E-state index in [4.69, 9.17) is 18.6 Å².